The van der Waals surface area contributed by atoms with Crippen molar-refractivity contribution in [2.45, 2.75) is 37.6 Å². The van der Waals surface area contributed by atoms with Crippen molar-refractivity contribution in [1.29, 1.82) is 0 Å². The van der Waals surface area contributed by atoms with Crippen LogP contribution in [-0.4, -0.2) is 64.3 Å². The first-order valence-electron chi connectivity index (χ1n) is 14.0. The summed E-state index contributed by atoms with van der Waals surface area (Å²) in [6, 6.07) is 23.3. The van der Waals surface area contributed by atoms with E-state index in [1.165, 1.54) is 18.0 Å². The number of carboxylic acid groups (broad SMARTS) is 1. The molecule has 1 aliphatic heterocycles. The molecule has 2 atom stereocenters. The molecule has 1 amide bonds. The number of hydrogen-bond donors (Lipinski definition) is 2. The lowest BCUT2D eigenvalue weighted by Crippen LogP contribution is -2.44. The number of likely N-dealkylation sites (tertiary alicyclic amines) is 1. The number of aliphatic carboxylic acids is 1. The molecule has 5 rings (SSSR count). The molecular formula is C33H33N3O8. The summed E-state index contributed by atoms with van der Waals surface area (Å²) in [5, 5.41) is 10.1. The van der Waals surface area contributed by atoms with Crippen molar-refractivity contribution >= 4 is 11.9 Å². The first-order valence-corrected chi connectivity index (χ1v) is 14.0. The van der Waals surface area contributed by atoms with E-state index in [9.17, 15) is 24.3 Å². The van der Waals surface area contributed by atoms with E-state index in [0.29, 0.717) is 11.5 Å². The highest BCUT2D eigenvalue weighted by molar-refractivity contribution is 5.84. The molecule has 1 aliphatic rings. The Morgan fingerprint density at radius 3 is 1.95 bits per heavy atom. The summed E-state index contributed by atoms with van der Waals surface area (Å²) in [7, 11) is 3.16. The summed E-state index contributed by atoms with van der Waals surface area (Å²) in [6.45, 7) is 1.04. The number of carbonyl (C=O) groups is 2. The average molecular weight is 600 g/mol. The molecule has 0 saturated carbocycles. The van der Waals surface area contributed by atoms with Crippen molar-refractivity contribution in [3.05, 3.63) is 128 Å². The van der Waals surface area contributed by atoms with Crippen LogP contribution in [0.1, 0.15) is 28.7 Å². The number of benzene rings is 3. The maximum atomic E-state index is 13.5. The van der Waals surface area contributed by atoms with Crippen molar-refractivity contribution < 1.29 is 28.9 Å². The Balaban J connectivity index is 1.57. The quantitative estimate of drug-likeness (QED) is 0.265. The fourth-order valence-corrected chi connectivity index (χ4v) is 5.64. The topological polar surface area (TPSA) is 140 Å². The zero-order chi connectivity index (χ0) is 31.4. The number of aromatic nitrogens is 2. The summed E-state index contributed by atoms with van der Waals surface area (Å²) in [6.07, 6.45) is 0.590. The molecule has 0 bridgehead atoms. The molecule has 11 nitrogen and oxygen atoms in total. The lowest BCUT2D eigenvalue weighted by Gasteiger charge is -2.38. The molecule has 1 fully saturated rings. The average Bonchev–Trinajstić information content (AvgIpc) is 3.47. The SMILES string of the molecule is COc1ccc(C(O[C@@H]2C[C@@H](C(=O)O)N(C(=O)Cn3cc(C)c(=O)[nH]c3=O)C2)(c2ccccc2)c2ccc(OC)cc2)cc1. The number of hydrogen-bond acceptors (Lipinski definition) is 7. The van der Waals surface area contributed by atoms with Gasteiger partial charge in [0.2, 0.25) is 5.91 Å². The number of aryl methyl sites for hydroxylation is 1. The van der Waals surface area contributed by atoms with E-state index >= 15 is 0 Å². The van der Waals surface area contributed by atoms with E-state index in [2.05, 4.69) is 4.98 Å². The molecule has 4 aromatic rings. The van der Waals surface area contributed by atoms with Gasteiger partial charge in [0.1, 0.15) is 29.7 Å². The van der Waals surface area contributed by atoms with Crippen LogP contribution in [0.15, 0.2) is 94.6 Å². The third kappa shape index (κ3) is 5.86. The fraction of sp³-hybridized carbons (Fsp3) is 0.273. The molecule has 0 aliphatic carbocycles. The molecule has 2 N–H and O–H groups in total. The van der Waals surface area contributed by atoms with Gasteiger partial charge in [-0.15, -0.1) is 0 Å². The van der Waals surface area contributed by atoms with E-state index in [1.54, 1.807) is 14.2 Å². The number of rotatable bonds is 10. The maximum absolute atomic E-state index is 13.5. The molecule has 1 aromatic heterocycles. The highest BCUT2D eigenvalue weighted by Gasteiger charge is 2.46. The fourth-order valence-electron chi connectivity index (χ4n) is 5.64. The standard InChI is InChI=1S/C33H33N3O8/c1-21-18-35(32(41)34-30(21)38)20-29(37)36-19-27(17-28(36)31(39)40)44-33(22-7-5-4-6-8-22,23-9-13-25(42-2)14-10-23)24-11-15-26(43-3)16-12-24/h4-16,18,27-28H,17,19-20H2,1-3H3,(H,39,40)(H,34,38,41)/t27-,28+/m1/s1. The summed E-state index contributed by atoms with van der Waals surface area (Å²) >= 11 is 0. The van der Waals surface area contributed by atoms with Crippen LogP contribution in [0.2, 0.25) is 0 Å². The van der Waals surface area contributed by atoms with Crippen molar-refractivity contribution in [1.82, 2.24) is 14.5 Å². The predicted molar refractivity (Wildman–Crippen MR) is 161 cm³/mol. The van der Waals surface area contributed by atoms with Crippen LogP contribution in [0.4, 0.5) is 0 Å². The second kappa shape index (κ2) is 12.6. The normalized spacial score (nSPS) is 16.5. The van der Waals surface area contributed by atoms with Crippen LogP contribution in [0.3, 0.4) is 0 Å². The molecule has 228 valence electrons. The van der Waals surface area contributed by atoms with Gasteiger partial charge in [-0.1, -0.05) is 54.6 Å². The number of carboxylic acids is 1. The third-order valence-electron chi connectivity index (χ3n) is 7.88. The first kappa shape index (κ1) is 30.3. The number of nitrogens with zero attached hydrogens (tertiary/aromatic N) is 2. The van der Waals surface area contributed by atoms with Crippen LogP contribution < -0.4 is 20.7 Å². The molecule has 0 spiro atoms. The smallest absolute Gasteiger partial charge is 0.328 e. The molecule has 44 heavy (non-hydrogen) atoms. The molecule has 1 saturated heterocycles. The van der Waals surface area contributed by atoms with Crippen LogP contribution in [0, 0.1) is 6.92 Å². The third-order valence-corrected chi connectivity index (χ3v) is 7.88. The van der Waals surface area contributed by atoms with Crippen LogP contribution in [-0.2, 0) is 26.5 Å². The second-order valence-electron chi connectivity index (χ2n) is 10.6. The summed E-state index contributed by atoms with van der Waals surface area (Å²) in [5.74, 6) is -0.464. The van der Waals surface area contributed by atoms with Crippen LogP contribution >= 0.6 is 0 Å². The highest BCUT2D eigenvalue weighted by Crippen LogP contribution is 2.44. The first-order chi connectivity index (χ1) is 21.2. The minimum atomic E-state index is -1.21. The number of H-pyrrole nitrogens is 1. The summed E-state index contributed by atoms with van der Waals surface area (Å²) in [5.41, 5.74) is 0.0624. The van der Waals surface area contributed by atoms with Gasteiger partial charge in [-0.2, -0.15) is 0 Å². The number of amides is 1. The summed E-state index contributed by atoms with van der Waals surface area (Å²) in [4.78, 5) is 53.4. The molecule has 0 radical (unpaired) electrons. The van der Waals surface area contributed by atoms with Crippen molar-refractivity contribution in [2.75, 3.05) is 20.8 Å². The van der Waals surface area contributed by atoms with Crippen molar-refractivity contribution in [3.63, 3.8) is 0 Å². The Morgan fingerprint density at radius 2 is 1.43 bits per heavy atom. The van der Waals surface area contributed by atoms with Gasteiger partial charge in [-0.3, -0.25) is 19.1 Å². The van der Waals surface area contributed by atoms with Gasteiger partial charge in [0, 0.05) is 24.7 Å². The van der Waals surface area contributed by atoms with Gasteiger partial charge in [0.25, 0.3) is 5.56 Å². The lowest BCUT2D eigenvalue weighted by molar-refractivity contribution is -0.148. The molecule has 3 aromatic carbocycles. The highest BCUT2D eigenvalue weighted by atomic mass is 16.5. The van der Waals surface area contributed by atoms with Crippen molar-refractivity contribution in [2.24, 2.45) is 0 Å². The van der Waals surface area contributed by atoms with Gasteiger partial charge >= 0.3 is 11.7 Å². The van der Waals surface area contributed by atoms with E-state index in [1.807, 2.05) is 78.9 Å². The second-order valence-corrected chi connectivity index (χ2v) is 10.6. The van der Waals surface area contributed by atoms with Crippen LogP contribution in [0.5, 0.6) is 11.5 Å². The Labute approximate surface area is 253 Å². The Bertz CT molecular complexity index is 1700. The molecule has 11 heteroatoms. The summed E-state index contributed by atoms with van der Waals surface area (Å²) < 4.78 is 18.9. The number of ether oxygens (including phenoxy) is 3. The monoisotopic (exact) mass is 599 g/mol. The van der Waals surface area contributed by atoms with E-state index < -0.39 is 47.4 Å². The van der Waals surface area contributed by atoms with Gasteiger partial charge in [-0.05, 0) is 47.9 Å². The number of aromatic amines is 1. The lowest BCUT2D eigenvalue weighted by atomic mass is 9.79. The number of nitrogens with one attached hydrogen (secondary N) is 1. The minimum Gasteiger partial charge on any atom is -0.497 e. The molecule has 2 heterocycles. The van der Waals surface area contributed by atoms with Crippen LogP contribution in [0.25, 0.3) is 0 Å². The van der Waals surface area contributed by atoms with E-state index in [4.69, 9.17) is 14.2 Å². The van der Waals surface area contributed by atoms with Gasteiger partial charge < -0.3 is 24.2 Å². The number of carbonyl (C=O) groups excluding carboxylic acids is 1. The van der Waals surface area contributed by atoms with Crippen molar-refractivity contribution in [3.8, 4) is 11.5 Å². The zero-order valence-corrected chi connectivity index (χ0v) is 24.6. The van der Waals surface area contributed by atoms with E-state index in [-0.39, 0.29) is 18.5 Å². The van der Waals surface area contributed by atoms with Gasteiger partial charge in [0.05, 0.1) is 20.3 Å². The van der Waals surface area contributed by atoms with Gasteiger partial charge in [0.15, 0.2) is 0 Å². The van der Waals surface area contributed by atoms with Gasteiger partial charge in [-0.25, -0.2) is 9.59 Å². The zero-order valence-electron chi connectivity index (χ0n) is 24.6. The molecule has 0 unspecified atom stereocenters. The largest absolute Gasteiger partial charge is 0.497 e. The number of methoxy groups -OCH3 is 2. The Morgan fingerprint density at radius 1 is 0.886 bits per heavy atom. The Hall–Kier alpha value is -5.16. The predicted octanol–water partition coefficient (Wildman–Crippen LogP) is 2.93. The Kier molecular flexibility index (Phi) is 8.68. The minimum absolute atomic E-state index is 0.0154. The molecular weight excluding hydrogens is 566 g/mol. The maximum Gasteiger partial charge on any atom is 0.328 e. The van der Waals surface area contributed by atoms with E-state index in [0.717, 1.165) is 21.3 Å².